The smallest absolute Gasteiger partial charge is 0.289 e. The van der Waals surface area contributed by atoms with Gasteiger partial charge in [-0.2, -0.15) is 0 Å². The zero-order valence-corrected chi connectivity index (χ0v) is 33.3. The van der Waals surface area contributed by atoms with Crippen LogP contribution in [0, 0.1) is 31.1 Å². The molecule has 54 heavy (non-hydrogen) atoms. The van der Waals surface area contributed by atoms with E-state index >= 15 is 0 Å². The monoisotopic (exact) mass is 750 g/mol. The Bertz CT molecular complexity index is 1620. The molecule has 0 radical (unpaired) electrons. The summed E-state index contributed by atoms with van der Waals surface area (Å²) in [5, 5.41) is 11.6. The number of carbonyl (C=O) groups excluding carboxylic acids is 7. The zero-order chi connectivity index (χ0) is 39.5. The number of aromatic amines is 1. The molecule has 2 heterocycles. The van der Waals surface area contributed by atoms with Crippen molar-refractivity contribution in [3.8, 4) is 0 Å². The first-order chi connectivity index (χ1) is 25.5. The molecule has 5 amide bonds. The van der Waals surface area contributed by atoms with Crippen molar-refractivity contribution in [2.75, 3.05) is 0 Å². The Morgan fingerprint density at radius 1 is 0.852 bits per heavy atom. The van der Waals surface area contributed by atoms with Gasteiger partial charge in [0.05, 0.1) is 11.6 Å². The molecule has 5 rings (SSSR count). The lowest BCUT2D eigenvalue weighted by atomic mass is 9.81. The third kappa shape index (κ3) is 9.25. The van der Waals surface area contributed by atoms with Gasteiger partial charge in [-0.1, -0.05) is 66.2 Å². The Kier molecular flexibility index (Phi) is 13.1. The SMILES string of the molecule is CCC[C@@H](NC(=O)[C@@H]1C[C@@H]2CCCC[C@@H]2N1C(=O)[C@@H](NC(=O)[C@@H](NC(=O)c1[nH]c(C)c(C)c1C(C)=O)C1CCCCC1)C(C)(C)C)C(=O)C(=O)NC1CC1. The number of likely N-dealkylation sites (tertiary alicyclic amines) is 1. The molecule has 4 fully saturated rings. The minimum Gasteiger partial charge on any atom is -0.354 e. The number of ketones is 2. The highest BCUT2D eigenvalue weighted by Gasteiger charge is 2.51. The molecule has 3 aliphatic carbocycles. The number of aryl methyl sites for hydroxylation is 1. The summed E-state index contributed by atoms with van der Waals surface area (Å²) in [6, 6.07) is -4.08. The molecular weight excluding hydrogens is 688 g/mol. The van der Waals surface area contributed by atoms with E-state index in [9.17, 15) is 33.6 Å². The maximum absolute atomic E-state index is 15.0. The maximum atomic E-state index is 15.0. The van der Waals surface area contributed by atoms with Crippen molar-refractivity contribution in [2.24, 2.45) is 17.3 Å². The van der Waals surface area contributed by atoms with Gasteiger partial charge in [0.25, 0.3) is 11.8 Å². The summed E-state index contributed by atoms with van der Waals surface area (Å²) in [6.45, 7) is 12.5. The van der Waals surface area contributed by atoms with Crippen LogP contribution in [0.25, 0.3) is 0 Å². The van der Waals surface area contributed by atoms with Crippen LogP contribution in [-0.2, 0) is 24.0 Å². The second-order valence-electron chi connectivity index (χ2n) is 17.4. The predicted molar refractivity (Wildman–Crippen MR) is 203 cm³/mol. The van der Waals surface area contributed by atoms with Gasteiger partial charge < -0.3 is 31.2 Å². The van der Waals surface area contributed by atoms with Crippen LogP contribution in [0.4, 0.5) is 0 Å². The fourth-order valence-electron chi connectivity index (χ4n) is 8.92. The fraction of sp³-hybridized carbons (Fsp3) is 0.732. The molecule has 1 aromatic rings. The van der Waals surface area contributed by atoms with Crippen molar-refractivity contribution in [3.05, 3.63) is 22.5 Å². The molecule has 0 spiro atoms. The number of rotatable bonds is 14. The Balaban J connectivity index is 1.41. The van der Waals surface area contributed by atoms with Gasteiger partial charge >= 0.3 is 0 Å². The molecule has 0 bridgehead atoms. The van der Waals surface area contributed by atoms with Crippen molar-refractivity contribution in [1.29, 1.82) is 0 Å². The average molecular weight is 751 g/mol. The highest BCUT2D eigenvalue weighted by Crippen LogP contribution is 2.41. The van der Waals surface area contributed by atoms with Gasteiger partial charge in [0, 0.05) is 17.8 Å². The van der Waals surface area contributed by atoms with E-state index in [1.54, 1.807) is 18.7 Å². The summed E-state index contributed by atoms with van der Waals surface area (Å²) in [5.74, 6) is -3.59. The standard InChI is InChI=1S/C41H62N6O7/c1-8-14-28(34(49)39(53)43-27-19-20-27)44-36(50)30-21-26-17-12-13-18-29(26)47(30)40(54)35(41(5,6)7)46-37(51)32(25-15-10-9-11-16-25)45-38(52)33-31(24(4)48)22(2)23(3)42-33/h25-30,32,35,42H,8-21H2,1-7H3,(H,43,53)(H,44,50)(H,45,52)(H,46,51)/t26-,28+,29-,30-,32-,35+/m0/s1. The molecule has 0 unspecified atom stereocenters. The van der Waals surface area contributed by atoms with Gasteiger partial charge in [-0.15, -0.1) is 0 Å². The minimum absolute atomic E-state index is 0.000881. The van der Waals surface area contributed by atoms with Crippen molar-refractivity contribution < 1.29 is 33.6 Å². The highest BCUT2D eigenvalue weighted by molar-refractivity contribution is 6.38. The lowest BCUT2D eigenvalue weighted by Crippen LogP contribution is -2.63. The molecule has 6 atom stereocenters. The quantitative estimate of drug-likeness (QED) is 0.138. The molecule has 13 heteroatoms. The van der Waals surface area contributed by atoms with Crippen LogP contribution in [0.5, 0.6) is 0 Å². The van der Waals surface area contributed by atoms with E-state index in [-0.39, 0.29) is 41.3 Å². The van der Waals surface area contributed by atoms with Crippen molar-refractivity contribution in [2.45, 2.75) is 175 Å². The third-order valence-corrected chi connectivity index (χ3v) is 12.2. The predicted octanol–water partition coefficient (Wildman–Crippen LogP) is 4.34. The minimum atomic E-state index is -1.04. The molecule has 0 aromatic carbocycles. The summed E-state index contributed by atoms with van der Waals surface area (Å²) in [7, 11) is 0. The van der Waals surface area contributed by atoms with E-state index < -0.39 is 59.0 Å². The first kappa shape index (κ1) is 41.1. The van der Waals surface area contributed by atoms with E-state index in [4.69, 9.17) is 0 Å². The highest BCUT2D eigenvalue weighted by atomic mass is 16.2. The number of nitrogens with one attached hydrogen (secondary N) is 5. The number of aromatic nitrogens is 1. The van der Waals surface area contributed by atoms with Gasteiger partial charge in [0.15, 0.2) is 5.78 Å². The molecule has 1 aliphatic heterocycles. The van der Waals surface area contributed by atoms with E-state index in [2.05, 4.69) is 26.3 Å². The summed E-state index contributed by atoms with van der Waals surface area (Å²) >= 11 is 0. The van der Waals surface area contributed by atoms with Gasteiger partial charge in [0.2, 0.25) is 23.5 Å². The zero-order valence-electron chi connectivity index (χ0n) is 33.3. The Hall–Kier alpha value is -4.03. The summed E-state index contributed by atoms with van der Waals surface area (Å²) < 4.78 is 0. The number of amides is 5. The van der Waals surface area contributed by atoms with Crippen LogP contribution in [0.15, 0.2) is 0 Å². The molecule has 298 valence electrons. The maximum Gasteiger partial charge on any atom is 0.289 e. The topological polar surface area (TPSA) is 187 Å². The number of fused-ring (bicyclic) bond motifs is 1. The van der Waals surface area contributed by atoms with Crippen LogP contribution in [0.3, 0.4) is 0 Å². The largest absolute Gasteiger partial charge is 0.354 e. The van der Waals surface area contributed by atoms with E-state index in [0.717, 1.165) is 70.6 Å². The van der Waals surface area contributed by atoms with Gasteiger partial charge in [-0.25, -0.2) is 0 Å². The van der Waals surface area contributed by atoms with Crippen LogP contribution in [-0.4, -0.2) is 87.2 Å². The van der Waals surface area contributed by atoms with Gasteiger partial charge in [-0.3, -0.25) is 33.6 Å². The third-order valence-electron chi connectivity index (χ3n) is 12.2. The number of hydrogen-bond acceptors (Lipinski definition) is 7. The summed E-state index contributed by atoms with van der Waals surface area (Å²) in [6.07, 6.45) is 10.7. The van der Waals surface area contributed by atoms with Gasteiger partial charge in [0.1, 0.15) is 23.8 Å². The lowest BCUT2D eigenvalue weighted by Gasteiger charge is -2.40. The first-order valence-electron chi connectivity index (χ1n) is 20.3. The second kappa shape index (κ2) is 17.2. The Morgan fingerprint density at radius 2 is 1.50 bits per heavy atom. The Labute approximate surface area is 319 Å². The Morgan fingerprint density at radius 3 is 2.11 bits per heavy atom. The molecule has 5 N–H and O–H groups in total. The molecule has 1 saturated heterocycles. The number of hydrogen-bond donors (Lipinski definition) is 5. The van der Waals surface area contributed by atoms with Crippen molar-refractivity contribution in [3.63, 3.8) is 0 Å². The van der Waals surface area contributed by atoms with Crippen LogP contribution >= 0.6 is 0 Å². The molecular formula is C41H62N6O7. The average Bonchev–Trinajstić information content (AvgIpc) is 3.77. The summed E-state index contributed by atoms with van der Waals surface area (Å²) in [5.41, 5.74) is 1.01. The second-order valence-corrected chi connectivity index (χ2v) is 17.4. The van der Waals surface area contributed by atoms with Crippen molar-refractivity contribution in [1.82, 2.24) is 31.2 Å². The first-order valence-corrected chi connectivity index (χ1v) is 20.3. The van der Waals surface area contributed by atoms with E-state index in [1.807, 2.05) is 27.7 Å². The molecule has 13 nitrogen and oxygen atoms in total. The molecule has 3 saturated carbocycles. The van der Waals surface area contributed by atoms with Crippen LogP contribution in [0.2, 0.25) is 0 Å². The number of carbonyl (C=O) groups is 7. The normalized spacial score (nSPS) is 23.4. The fourth-order valence-corrected chi connectivity index (χ4v) is 8.92. The summed E-state index contributed by atoms with van der Waals surface area (Å²) in [4.78, 5) is 101. The van der Waals surface area contributed by atoms with Gasteiger partial charge in [-0.05, 0) is 95.0 Å². The van der Waals surface area contributed by atoms with E-state index in [1.165, 1.54) is 6.92 Å². The van der Waals surface area contributed by atoms with Crippen molar-refractivity contribution >= 4 is 41.1 Å². The number of H-pyrrole nitrogens is 1. The molecule has 4 aliphatic rings. The number of nitrogens with zero attached hydrogens (tertiary/aromatic N) is 1. The molecule has 1 aromatic heterocycles. The lowest BCUT2D eigenvalue weighted by molar-refractivity contribution is -0.147. The van der Waals surface area contributed by atoms with Crippen LogP contribution < -0.4 is 21.3 Å². The van der Waals surface area contributed by atoms with Crippen LogP contribution in [0.1, 0.15) is 157 Å². The van der Waals surface area contributed by atoms with E-state index in [0.29, 0.717) is 36.1 Å². The number of Topliss-reactive ketones (excluding diaryl/α,β-unsaturated/α-hetero) is 2.